The molecule has 0 atom stereocenters. The average Bonchev–Trinajstić information content (AvgIpc) is 3.14. The van der Waals surface area contributed by atoms with Crippen molar-refractivity contribution in [1.82, 2.24) is 14.9 Å². The highest BCUT2D eigenvalue weighted by Crippen LogP contribution is 2.32. The molecule has 0 N–H and O–H groups in total. The van der Waals surface area contributed by atoms with Gasteiger partial charge in [-0.25, -0.2) is 9.97 Å². The third kappa shape index (κ3) is 5.40. The van der Waals surface area contributed by atoms with E-state index in [0.717, 1.165) is 17.8 Å². The summed E-state index contributed by atoms with van der Waals surface area (Å²) in [5.41, 5.74) is -0.980. The maximum atomic E-state index is 13.2. The van der Waals surface area contributed by atoms with E-state index in [0.29, 0.717) is 25.4 Å². The van der Waals surface area contributed by atoms with Gasteiger partial charge in [0, 0.05) is 32.7 Å². The van der Waals surface area contributed by atoms with E-state index in [-0.39, 0.29) is 28.4 Å². The number of aromatic nitrogens is 2. The van der Waals surface area contributed by atoms with Crippen LogP contribution in [0.25, 0.3) is 0 Å². The molecule has 28 heavy (non-hydrogen) atoms. The number of anilines is 1. The Balaban J connectivity index is 2.20. The summed E-state index contributed by atoms with van der Waals surface area (Å²) in [5.74, 6) is 0.840. The highest BCUT2D eigenvalue weighted by atomic mass is 32.2. The van der Waals surface area contributed by atoms with Gasteiger partial charge in [0.05, 0.1) is 5.75 Å². The first kappa shape index (κ1) is 22.1. The lowest BCUT2D eigenvalue weighted by atomic mass is 10.3. The van der Waals surface area contributed by atoms with E-state index >= 15 is 0 Å². The summed E-state index contributed by atoms with van der Waals surface area (Å²) >= 11 is 1.03. The Morgan fingerprint density at radius 1 is 1.14 bits per heavy atom. The first-order valence-electron chi connectivity index (χ1n) is 8.87. The molecule has 2 rings (SSSR count). The molecule has 0 bridgehead atoms. The predicted octanol–water partition coefficient (Wildman–Crippen LogP) is 4.32. The largest absolute Gasteiger partial charge is 0.455 e. The molecule has 2 aromatic rings. The second kappa shape index (κ2) is 9.31. The molecule has 0 saturated heterocycles. The first-order chi connectivity index (χ1) is 13.2. The van der Waals surface area contributed by atoms with Crippen LogP contribution in [0.4, 0.5) is 19.0 Å². The van der Waals surface area contributed by atoms with Crippen LogP contribution in [-0.2, 0) is 11.9 Å². The Kier molecular flexibility index (Phi) is 7.34. The van der Waals surface area contributed by atoms with Crippen LogP contribution in [0, 0.1) is 0 Å². The van der Waals surface area contributed by atoms with Crippen LogP contribution >= 0.6 is 11.8 Å². The van der Waals surface area contributed by atoms with Crippen molar-refractivity contribution in [2.75, 3.05) is 31.6 Å². The van der Waals surface area contributed by atoms with Crippen LogP contribution in [0.1, 0.15) is 42.8 Å². The van der Waals surface area contributed by atoms with E-state index in [4.69, 9.17) is 4.42 Å². The average molecular weight is 416 g/mol. The molecule has 0 aliphatic rings. The van der Waals surface area contributed by atoms with E-state index in [1.54, 1.807) is 24.1 Å². The van der Waals surface area contributed by atoms with Crippen LogP contribution < -0.4 is 4.90 Å². The third-order valence-corrected chi connectivity index (χ3v) is 4.98. The monoisotopic (exact) mass is 416 g/mol. The lowest BCUT2D eigenvalue weighted by molar-refractivity contribution is -0.141. The van der Waals surface area contributed by atoms with Gasteiger partial charge in [0.2, 0.25) is 0 Å². The van der Waals surface area contributed by atoms with Gasteiger partial charge >= 0.3 is 6.18 Å². The smallest absolute Gasteiger partial charge is 0.433 e. The molecule has 0 aliphatic carbocycles. The van der Waals surface area contributed by atoms with Gasteiger partial charge in [0.1, 0.15) is 11.6 Å². The van der Waals surface area contributed by atoms with E-state index in [1.807, 2.05) is 20.8 Å². The fourth-order valence-corrected chi connectivity index (χ4v) is 3.12. The number of rotatable bonds is 8. The highest BCUT2D eigenvalue weighted by molar-refractivity contribution is 7.98. The van der Waals surface area contributed by atoms with Crippen LogP contribution in [-0.4, -0.2) is 47.5 Å². The Morgan fingerprint density at radius 3 is 2.39 bits per heavy atom. The van der Waals surface area contributed by atoms with Crippen molar-refractivity contribution >= 4 is 23.5 Å². The minimum Gasteiger partial charge on any atom is -0.455 e. The van der Waals surface area contributed by atoms with E-state index in [1.165, 1.54) is 4.90 Å². The van der Waals surface area contributed by atoms with Crippen molar-refractivity contribution in [3.05, 3.63) is 35.4 Å². The van der Waals surface area contributed by atoms with Crippen molar-refractivity contribution in [2.24, 2.45) is 0 Å². The summed E-state index contributed by atoms with van der Waals surface area (Å²) < 4.78 is 45.1. The van der Waals surface area contributed by atoms with Gasteiger partial charge in [-0.05, 0) is 32.9 Å². The summed E-state index contributed by atoms with van der Waals surface area (Å²) in [4.78, 5) is 23.2. The number of nitrogens with zero attached hydrogens (tertiary/aromatic N) is 4. The number of halogens is 3. The first-order valence-corrected chi connectivity index (χ1v) is 9.86. The highest BCUT2D eigenvalue weighted by Gasteiger charge is 2.34. The fraction of sp³-hybridized carbons (Fsp3) is 0.500. The zero-order valence-electron chi connectivity index (χ0n) is 16.2. The quantitative estimate of drug-likeness (QED) is 0.472. The van der Waals surface area contributed by atoms with Gasteiger partial charge in [0.15, 0.2) is 16.6 Å². The number of furan rings is 1. The lowest BCUT2D eigenvalue weighted by Crippen LogP contribution is -2.25. The number of alkyl halides is 3. The van der Waals surface area contributed by atoms with Gasteiger partial charge in [-0.15, -0.1) is 0 Å². The van der Waals surface area contributed by atoms with Gasteiger partial charge in [-0.1, -0.05) is 11.8 Å². The summed E-state index contributed by atoms with van der Waals surface area (Å²) in [6, 6.07) is 4.14. The maximum Gasteiger partial charge on any atom is 0.433 e. The Morgan fingerprint density at radius 2 is 1.82 bits per heavy atom. The van der Waals surface area contributed by atoms with Gasteiger partial charge in [0.25, 0.3) is 5.91 Å². The molecule has 0 radical (unpaired) electrons. The number of hydrogen-bond donors (Lipinski definition) is 0. The molecule has 0 spiro atoms. The zero-order chi connectivity index (χ0) is 20.9. The molecule has 2 heterocycles. The van der Waals surface area contributed by atoms with Crippen molar-refractivity contribution < 1.29 is 22.4 Å². The SMILES string of the molecule is CCN(C)C(=O)c1ccc(CSc2nc(N(CC)CC)cc(C(F)(F)F)n2)o1. The standard InChI is InChI=1S/C18H23F3N4O2S/c1-5-24(4)16(26)13-9-8-12(27-13)11-28-17-22-14(18(19,20)21)10-15(23-17)25(6-2)7-3/h8-10H,5-7,11H2,1-4H3. The molecule has 154 valence electrons. The number of carbonyl (C=O) groups excluding carboxylic acids is 1. The fourth-order valence-electron chi connectivity index (χ4n) is 2.37. The second-order valence-corrected chi connectivity index (χ2v) is 6.88. The normalized spacial score (nSPS) is 11.5. The van der Waals surface area contributed by atoms with E-state index in [2.05, 4.69) is 9.97 Å². The molecule has 0 saturated carbocycles. The van der Waals surface area contributed by atoms with Crippen LogP contribution in [0.3, 0.4) is 0 Å². The second-order valence-electron chi connectivity index (χ2n) is 5.94. The van der Waals surface area contributed by atoms with Crippen molar-refractivity contribution in [3.63, 3.8) is 0 Å². The van der Waals surface area contributed by atoms with E-state index < -0.39 is 11.9 Å². The molecule has 10 heteroatoms. The maximum absolute atomic E-state index is 13.2. The molecule has 0 unspecified atom stereocenters. The summed E-state index contributed by atoms with van der Waals surface area (Å²) in [5, 5.41) is 0.00618. The molecule has 6 nitrogen and oxygen atoms in total. The molecule has 0 aliphatic heterocycles. The molecular weight excluding hydrogens is 393 g/mol. The zero-order valence-corrected chi connectivity index (χ0v) is 17.0. The Bertz CT molecular complexity index is 806. The molecule has 0 aromatic carbocycles. The van der Waals surface area contributed by atoms with E-state index in [9.17, 15) is 18.0 Å². The van der Waals surface area contributed by atoms with Crippen LogP contribution in [0.15, 0.2) is 27.8 Å². The van der Waals surface area contributed by atoms with Crippen LogP contribution in [0.2, 0.25) is 0 Å². The number of amides is 1. The Hall–Kier alpha value is -2.23. The predicted molar refractivity (Wildman–Crippen MR) is 101 cm³/mol. The van der Waals surface area contributed by atoms with Crippen molar-refractivity contribution in [3.8, 4) is 0 Å². The number of carbonyl (C=O) groups is 1. The summed E-state index contributed by atoms with van der Waals surface area (Å²) in [7, 11) is 1.66. The van der Waals surface area contributed by atoms with Gasteiger partial charge < -0.3 is 14.2 Å². The van der Waals surface area contributed by atoms with Gasteiger partial charge in [-0.3, -0.25) is 4.79 Å². The molecule has 0 fully saturated rings. The van der Waals surface area contributed by atoms with Gasteiger partial charge in [-0.2, -0.15) is 13.2 Å². The minimum absolute atomic E-state index is 0.00618. The minimum atomic E-state index is -4.56. The molecular formula is C18H23F3N4O2S. The third-order valence-electron chi connectivity index (χ3n) is 4.11. The summed E-state index contributed by atoms with van der Waals surface area (Å²) in [6.07, 6.45) is -4.56. The lowest BCUT2D eigenvalue weighted by Gasteiger charge is -2.21. The molecule has 1 amide bonds. The van der Waals surface area contributed by atoms with Crippen LogP contribution in [0.5, 0.6) is 0 Å². The number of thioether (sulfide) groups is 1. The van der Waals surface area contributed by atoms with Crippen molar-refractivity contribution in [1.29, 1.82) is 0 Å². The Labute approximate surface area is 166 Å². The topological polar surface area (TPSA) is 62.5 Å². The van der Waals surface area contributed by atoms with Crippen molar-refractivity contribution in [2.45, 2.75) is 37.9 Å². The number of hydrogen-bond acceptors (Lipinski definition) is 6. The molecule has 2 aromatic heterocycles. The summed E-state index contributed by atoms with van der Waals surface area (Å²) in [6.45, 7) is 7.14.